The zero-order valence-electron chi connectivity index (χ0n) is 16.2. The van der Waals surface area contributed by atoms with Crippen molar-refractivity contribution in [3.05, 3.63) is 88.0 Å². The van der Waals surface area contributed by atoms with E-state index in [2.05, 4.69) is 60.3 Å². The number of aromatic nitrogens is 2. The standard InChI is InChI=1S/C24H23N3O.CH4/c1-16-3-5-17(6-4-16)18-10-12-27(24(28)13-18)19-7-8-20-21-15-25-11-9-22(21)26(2)23(20)14-19;/h3-8,10,12-14,25H,9,11,15H2,1-2H3;1H4. The van der Waals surface area contributed by atoms with Crippen molar-refractivity contribution in [2.75, 3.05) is 6.54 Å². The van der Waals surface area contributed by atoms with Crippen molar-refractivity contribution in [1.82, 2.24) is 14.5 Å². The minimum Gasteiger partial charge on any atom is -0.347 e. The Kier molecular flexibility index (Phi) is 4.89. The van der Waals surface area contributed by atoms with Crippen molar-refractivity contribution in [3.63, 3.8) is 0 Å². The van der Waals surface area contributed by atoms with Crippen LogP contribution in [0.15, 0.2) is 65.6 Å². The van der Waals surface area contributed by atoms with Gasteiger partial charge in [-0.1, -0.05) is 43.3 Å². The number of nitrogens with one attached hydrogen (secondary N) is 1. The first-order valence-electron chi connectivity index (χ1n) is 9.73. The third-order valence-corrected chi connectivity index (χ3v) is 5.84. The number of nitrogens with zero attached hydrogens (tertiary/aromatic N) is 2. The van der Waals surface area contributed by atoms with Crippen LogP contribution < -0.4 is 10.9 Å². The molecule has 148 valence electrons. The maximum absolute atomic E-state index is 12.8. The van der Waals surface area contributed by atoms with Gasteiger partial charge in [-0.25, -0.2) is 0 Å². The molecule has 3 heterocycles. The molecule has 29 heavy (non-hydrogen) atoms. The molecule has 0 radical (unpaired) electrons. The van der Waals surface area contributed by atoms with Crippen LogP contribution in [0.5, 0.6) is 0 Å². The quantitative estimate of drug-likeness (QED) is 0.548. The second-order valence-corrected chi connectivity index (χ2v) is 7.60. The highest BCUT2D eigenvalue weighted by atomic mass is 16.1. The first-order valence-corrected chi connectivity index (χ1v) is 9.73. The van der Waals surface area contributed by atoms with Crippen molar-refractivity contribution >= 4 is 10.9 Å². The second kappa shape index (κ2) is 7.37. The number of benzene rings is 2. The number of hydrogen-bond donors (Lipinski definition) is 1. The van der Waals surface area contributed by atoms with Crippen LogP contribution in [0.4, 0.5) is 0 Å². The molecule has 1 aliphatic heterocycles. The Balaban J connectivity index is 0.00000205. The van der Waals surface area contributed by atoms with Crippen molar-refractivity contribution in [2.24, 2.45) is 7.05 Å². The minimum absolute atomic E-state index is 0. The predicted molar refractivity (Wildman–Crippen MR) is 121 cm³/mol. The van der Waals surface area contributed by atoms with Gasteiger partial charge in [-0.05, 0) is 41.8 Å². The molecule has 0 saturated carbocycles. The Hall–Kier alpha value is -3.11. The Labute approximate surface area is 171 Å². The minimum atomic E-state index is -0.0157. The van der Waals surface area contributed by atoms with E-state index in [1.54, 1.807) is 10.6 Å². The van der Waals surface area contributed by atoms with Crippen LogP contribution in [0.25, 0.3) is 27.7 Å². The lowest BCUT2D eigenvalue weighted by molar-refractivity contribution is 0.622. The Morgan fingerprint density at radius 2 is 1.76 bits per heavy atom. The Morgan fingerprint density at radius 1 is 0.966 bits per heavy atom. The van der Waals surface area contributed by atoms with Crippen molar-refractivity contribution in [3.8, 4) is 16.8 Å². The van der Waals surface area contributed by atoms with E-state index in [0.717, 1.165) is 36.3 Å². The maximum Gasteiger partial charge on any atom is 0.255 e. The van der Waals surface area contributed by atoms with Gasteiger partial charge in [-0.15, -0.1) is 0 Å². The zero-order valence-corrected chi connectivity index (χ0v) is 16.2. The molecule has 4 nitrogen and oxygen atoms in total. The van der Waals surface area contributed by atoms with Crippen molar-refractivity contribution in [2.45, 2.75) is 27.3 Å². The summed E-state index contributed by atoms with van der Waals surface area (Å²) in [5.74, 6) is 0. The normalized spacial score (nSPS) is 13.2. The van der Waals surface area contributed by atoms with Gasteiger partial charge >= 0.3 is 0 Å². The van der Waals surface area contributed by atoms with E-state index in [1.807, 2.05) is 18.3 Å². The van der Waals surface area contributed by atoms with E-state index in [-0.39, 0.29) is 13.0 Å². The topological polar surface area (TPSA) is 39.0 Å². The second-order valence-electron chi connectivity index (χ2n) is 7.60. The summed E-state index contributed by atoms with van der Waals surface area (Å²) in [5, 5.41) is 4.73. The number of hydrogen-bond acceptors (Lipinski definition) is 2. The Bertz CT molecular complexity index is 1250. The smallest absolute Gasteiger partial charge is 0.255 e. The molecule has 4 heteroatoms. The van der Waals surface area contributed by atoms with Gasteiger partial charge in [-0.2, -0.15) is 0 Å². The van der Waals surface area contributed by atoms with Gasteiger partial charge in [0, 0.05) is 49.9 Å². The van der Waals surface area contributed by atoms with Gasteiger partial charge in [0.25, 0.3) is 5.56 Å². The summed E-state index contributed by atoms with van der Waals surface area (Å²) in [6.45, 7) is 4.00. The monoisotopic (exact) mass is 385 g/mol. The molecule has 0 spiro atoms. The first kappa shape index (κ1) is 19.2. The van der Waals surface area contributed by atoms with E-state index < -0.39 is 0 Å². The summed E-state index contributed by atoms with van der Waals surface area (Å²) in [6.07, 6.45) is 2.92. The molecule has 0 unspecified atom stereocenters. The fourth-order valence-corrected chi connectivity index (χ4v) is 4.26. The number of aryl methyl sites for hydroxylation is 2. The van der Waals surface area contributed by atoms with E-state index in [4.69, 9.17) is 0 Å². The van der Waals surface area contributed by atoms with Gasteiger partial charge in [0.1, 0.15) is 0 Å². The summed E-state index contributed by atoms with van der Waals surface area (Å²) in [6, 6.07) is 18.3. The number of pyridine rings is 1. The maximum atomic E-state index is 12.8. The predicted octanol–water partition coefficient (Wildman–Crippen LogP) is 4.59. The SMILES string of the molecule is C.Cc1ccc(-c2ccn(-c3ccc4c5c(n(C)c4c3)CCNC5)c(=O)c2)cc1. The molecule has 0 aliphatic carbocycles. The molecular weight excluding hydrogens is 358 g/mol. The third kappa shape index (κ3) is 3.19. The molecule has 1 N–H and O–H groups in total. The van der Waals surface area contributed by atoms with E-state index in [9.17, 15) is 4.79 Å². The van der Waals surface area contributed by atoms with Crippen LogP contribution in [0, 0.1) is 6.92 Å². The van der Waals surface area contributed by atoms with Crippen LogP contribution >= 0.6 is 0 Å². The number of rotatable bonds is 2. The molecule has 2 aromatic heterocycles. The van der Waals surface area contributed by atoms with Crippen LogP contribution in [0.1, 0.15) is 24.2 Å². The van der Waals surface area contributed by atoms with Crippen LogP contribution in [0.2, 0.25) is 0 Å². The van der Waals surface area contributed by atoms with E-state index in [0.29, 0.717) is 0 Å². The van der Waals surface area contributed by atoms with Crippen LogP contribution in [-0.2, 0) is 20.0 Å². The largest absolute Gasteiger partial charge is 0.347 e. The highest BCUT2D eigenvalue weighted by Crippen LogP contribution is 2.29. The van der Waals surface area contributed by atoms with Gasteiger partial charge in [0.15, 0.2) is 0 Å². The summed E-state index contributed by atoms with van der Waals surface area (Å²) < 4.78 is 4.00. The highest BCUT2D eigenvalue weighted by molar-refractivity contribution is 5.87. The molecule has 0 saturated heterocycles. The van der Waals surface area contributed by atoms with Gasteiger partial charge in [0.2, 0.25) is 0 Å². The van der Waals surface area contributed by atoms with Crippen molar-refractivity contribution in [1.29, 1.82) is 0 Å². The fraction of sp³-hybridized carbons (Fsp3) is 0.240. The molecule has 1 aliphatic rings. The van der Waals surface area contributed by atoms with E-state index >= 15 is 0 Å². The lowest BCUT2D eigenvalue weighted by Gasteiger charge is -2.14. The third-order valence-electron chi connectivity index (χ3n) is 5.84. The van der Waals surface area contributed by atoms with E-state index in [1.165, 1.54) is 27.7 Å². The summed E-state index contributed by atoms with van der Waals surface area (Å²) >= 11 is 0. The highest BCUT2D eigenvalue weighted by Gasteiger charge is 2.18. The molecule has 0 atom stereocenters. The zero-order chi connectivity index (χ0) is 19.3. The molecule has 0 amide bonds. The molecule has 5 rings (SSSR count). The molecule has 2 aromatic carbocycles. The molecule has 0 fully saturated rings. The molecule has 4 aromatic rings. The summed E-state index contributed by atoms with van der Waals surface area (Å²) in [4.78, 5) is 12.8. The van der Waals surface area contributed by atoms with Gasteiger partial charge in [-0.3, -0.25) is 9.36 Å². The fourth-order valence-electron chi connectivity index (χ4n) is 4.26. The molecular formula is C25H27N3O. The lowest BCUT2D eigenvalue weighted by Crippen LogP contribution is -2.24. The summed E-state index contributed by atoms with van der Waals surface area (Å²) in [7, 11) is 2.12. The summed E-state index contributed by atoms with van der Waals surface area (Å²) in [5.41, 5.74) is 8.07. The Morgan fingerprint density at radius 3 is 2.52 bits per heavy atom. The van der Waals surface area contributed by atoms with Gasteiger partial charge in [0.05, 0.1) is 11.2 Å². The number of fused-ring (bicyclic) bond motifs is 3. The average Bonchev–Trinajstić information content (AvgIpc) is 3.01. The first-order chi connectivity index (χ1) is 13.6. The lowest BCUT2D eigenvalue weighted by atomic mass is 10.1. The van der Waals surface area contributed by atoms with Crippen molar-refractivity contribution < 1.29 is 0 Å². The van der Waals surface area contributed by atoms with Gasteiger partial charge < -0.3 is 9.88 Å². The van der Waals surface area contributed by atoms with Crippen LogP contribution in [-0.4, -0.2) is 15.7 Å². The average molecular weight is 386 g/mol. The molecule has 0 bridgehead atoms. The van der Waals surface area contributed by atoms with Crippen LogP contribution in [0.3, 0.4) is 0 Å².